The number of carbonyl (C=O) groups is 1. The van der Waals surface area contributed by atoms with Crippen molar-refractivity contribution < 1.29 is 4.79 Å². The summed E-state index contributed by atoms with van der Waals surface area (Å²) in [5.41, 5.74) is 3.94. The van der Waals surface area contributed by atoms with Crippen LogP contribution in [0.4, 0.5) is 5.13 Å². The SMILES string of the molecule is CCc1ccc(-c2csc(NC(=O)[C@H](Cl)c3ccccc3)n2)cc1. The molecule has 0 aliphatic heterocycles. The molecule has 0 aliphatic rings. The molecule has 0 unspecified atom stereocenters. The van der Waals surface area contributed by atoms with Crippen LogP contribution in [-0.4, -0.2) is 10.9 Å². The summed E-state index contributed by atoms with van der Waals surface area (Å²) in [5, 5.41) is 4.54. The van der Waals surface area contributed by atoms with Crippen LogP contribution in [0.1, 0.15) is 23.4 Å². The second kappa shape index (κ2) is 7.60. The highest BCUT2D eigenvalue weighted by atomic mass is 35.5. The highest BCUT2D eigenvalue weighted by molar-refractivity contribution is 7.14. The van der Waals surface area contributed by atoms with Crippen LogP contribution in [-0.2, 0) is 11.2 Å². The number of thiazole rings is 1. The van der Waals surface area contributed by atoms with Crippen molar-refractivity contribution in [2.24, 2.45) is 0 Å². The number of nitrogens with zero attached hydrogens (tertiary/aromatic N) is 1. The number of carbonyl (C=O) groups excluding carboxylic acids is 1. The Labute approximate surface area is 150 Å². The zero-order chi connectivity index (χ0) is 16.9. The lowest BCUT2D eigenvalue weighted by atomic mass is 10.1. The van der Waals surface area contributed by atoms with E-state index in [1.165, 1.54) is 16.9 Å². The lowest BCUT2D eigenvalue weighted by Gasteiger charge is -2.08. The first-order valence-electron chi connectivity index (χ1n) is 7.72. The fraction of sp³-hybridized carbons (Fsp3) is 0.158. The van der Waals surface area contributed by atoms with Gasteiger partial charge in [0.15, 0.2) is 5.13 Å². The van der Waals surface area contributed by atoms with Crippen LogP contribution in [0.15, 0.2) is 60.0 Å². The van der Waals surface area contributed by atoms with E-state index < -0.39 is 5.38 Å². The number of anilines is 1. The predicted octanol–water partition coefficient (Wildman–Crippen LogP) is 5.29. The minimum atomic E-state index is -0.734. The molecule has 0 bridgehead atoms. The van der Waals surface area contributed by atoms with Crippen molar-refractivity contribution in [3.8, 4) is 11.3 Å². The number of rotatable bonds is 5. The highest BCUT2D eigenvalue weighted by Gasteiger charge is 2.18. The second-order valence-corrected chi connectivity index (χ2v) is 6.65. The molecule has 1 heterocycles. The third-order valence-corrected chi connectivity index (χ3v) is 4.92. The normalized spacial score (nSPS) is 11.9. The van der Waals surface area contributed by atoms with Gasteiger partial charge < -0.3 is 5.32 Å². The second-order valence-electron chi connectivity index (χ2n) is 5.35. The maximum atomic E-state index is 12.3. The van der Waals surface area contributed by atoms with Crippen LogP contribution in [0.3, 0.4) is 0 Å². The van der Waals surface area contributed by atoms with Gasteiger partial charge in [0.25, 0.3) is 0 Å². The average molecular weight is 357 g/mol. The van der Waals surface area contributed by atoms with Gasteiger partial charge in [0.05, 0.1) is 5.69 Å². The fourth-order valence-corrected chi connectivity index (χ4v) is 3.24. The predicted molar refractivity (Wildman–Crippen MR) is 101 cm³/mol. The molecule has 3 rings (SSSR count). The van der Waals surface area contributed by atoms with E-state index in [2.05, 4.69) is 29.4 Å². The molecule has 0 fully saturated rings. The third-order valence-electron chi connectivity index (χ3n) is 3.71. The molecule has 0 aliphatic carbocycles. The van der Waals surface area contributed by atoms with E-state index in [1.54, 1.807) is 0 Å². The number of hydrogen-bond donors (Lipinski definition) is 1. The largest absolute Gasteiger partial charge is 0.300 e. The van der Waals surface area contributed by atoms with Crippen LogP contribution >= 0.6 is 22.9 Å². The average Bonchev–Trinajstić information content (AvgIpc) is 3.10. The number of alkyl halides is 1. The fourth-order valence-electron chi connectivity index (χ4n) is 2.32. The summed E-state index contributed by atoms with van der Waals surface area (Å²) in [4.78, 5) is 16.7. The third kappa shape index (κ3) is 3.83. The van der Waals surface area contributed by atoms with Gasteiger partial charge in [-0.1, -0.05) is 61.5 Å². The van der Waals surface area contributed by atoms with Crippen LogP contribution in [0.5, 0.6) is 0 Å². The lowest BCUT2D eigenvalue weighted by molar-refractivity contribution is -0.116. The van der Waals surface area contributed by atoms with Gasteiger partial charge in [-0.05, 0) is 17.5 Å². The lowest BCUT2D eigenvalue weighted by Crippen LogP contribution is -2.17. The molecule has 1 N–H and O–H groups in total. The molecule has 3 nitrogen and oxygen atoms in total. The Morgan fingerprint density at radius 2 is 1.88 bits per heavy atom. The summed E-state index contributed by atoms with van der Waals surface area (Å²) in [5.74, 6) is -0.273. The standard InChI is InChI=1S/C19H17ClN2OS/c1-2-13-8-10-14(11-9-13)16-12-24-19(21-16)22-18(23)17(20)15-6-4-3-5-7-15/h3-12,17H,2H2,1H3,(H,21,22,23)/t17-/m1/s1. The van der Waals surface area contributed by atoms with Crippen molar-refractivity contribution in [3.63, 3.8) is 0 Å². The molecule has 3 aromatic rings. The zero-order valence-corrected chi connectivity index (χ0v) is 14.8. The van der Waals surface area contributed by atoms with Crippen LogP contribution < -0.4 is 5.32 Å². The van der Waals surface area contributed by atoms with Gasteiger partial charge in [-0.25, -0.2) is 4.98 Å². The number of aromatic nitrogens is 1. The topological polar surface area (TPSA) is 42.0 Å². The monoisotopic (exact) mass is 356 g/mol. The Morgan fingerprint density at radius 1 is 1.17 bits per heavy atom. The Kier molecular flexibility index (Phi) is 5.28. The van der Waals surface area contributed by atoms with Crippen LogP contribution in [0.25, 0.3) is 11.3 Å². The Balaban J connectivity index is 1.70. The molecule has 122 valence electrons. The Hall–Kier alpha value is -2.17. The molecular formula is C19H17ClN2OS. The molecule has 0 spiro atoms. The summed E-state index contributed by atoms with van der Waals surface area (Å²) >= 11 is 7.62. The first-order chi connectivity index (χ1) is 11.7. The molecule has 1 amide bonds. The molecule has 0 saturated carbocycles. The maximum Gasteiger partial charge on any atom is 0.248 e. The Bertz CT molecular complexity index is 815. The van der Waals surface area contributed by atoms with Gasteiger partial charge in [0.2, 0.25) is 5.91 Å². The minimum Gasteiger partial charge on any atom is -0.300 e. The summed E-state index contributed by atoms with van der Waals surface area (Å²) in [7, 11) is 0. The van der Waals surface area contributed by atoms with Crippen molar-refractivity contribution in [1.82, 2.24) is 4.98 Å². The van der Waals surface area contributed by atoms with Crippen molar-refractivity contribution in [3.05, 3.63) is 71.1 Å². The smallest absolute Gasteiger partial charge is 0.248 e. The summed E-state index contributed by atoms with van der Waals surface area (Å²) in [6, 6.07) is 17.6. The molecular weight excluding hydrogens is 340 g/mol. The van der Waals surface area contributed by atoms with Crippen LogP contribution in [0.2, 0.25) is 0 Å². The first-order valence-corrected chi connectivity index (χ1v) is 9.03. The Morgan fingerprint density at radius 3 is 2.54 bits per heavy atom. The molecule has 5 heteroatoms. The zero-order valence-electron chi connectivity index (χ0n) is 13.2. The van der Waals surface area contributed by atoms with Gasteiger partial charge >= 0.3 is 0 Å². The van der Waals surface area contributed by atoms with Crippen molar-refractivity contribution in [2.45, 2.75) is 18.7 Å². The quantitative estimate of drug-likeness (QED) is 0.631. The maximum absolute atomic E-state index is 12.3. The number of aryl methyl sites for hydroxylation is 1. The van der Waals surface area contributed by atoms with Gasteiger partial charge in [0.1, 0.15) is 5.38 Å². The molecule has 0 saturated heterocycles. The highest BCUT2D eigenvalue weighted by Crippen LogP contribution is 2.27. The molecule has 2 aromatic carbocycles. The number of hydrogen-bond acceptors (Lipinski definition) is 3. The van der Waals surface area contributed by atoms with E-state index in [1.807, 2.05) is 47.8 Å². The van der Waals surface area contributed by atoms with E-state index in [-0.39, 0.29) is 5.91 Å². The first kappa shape index (κ1) is 16.7. The van der Waals surface area contributed by atoms with Gasteiger partial charge in [-0.3, -0.25) is 4.79 Å². The number of benzene rings is 2. The van der Waals surface area contributed by atoms with E-state index in [0.29, 0.717) is 5.13 Å². The van der Waals surface area contributed by atoms with Crippen molar-refractivity contribution in [1.29, 1.82) is 0 Å². The number of amides is 1. The van der Waals surface area contributed by atoms with E-state index >= 15 is 0 Å². The van der Waals surface area contributed by atoms with E-state index in [9.17, 15) is 4.79 Å². The van der Waals surface area contributed by atoms with E-state index in [0.717, 1.165) is 23.2 Å². The molecule has 24 heavy (non-hydrogen) atoms. The van der Waals surface area contributed by atoms with Crippen molar-refractivity contribution in [2.75, 3.05) is 5.32 Å². The van der Waals surface area contributed by atoms with Crippen LogP contribution in [0, 0.1) is 0 Å². The molecule has 1 aromatic heterocycles. The molecule has 1 atom stereocenters. The summed E-state index contributed by atoms with van der Waals surface area (Å²) < 4.78 is 0. The van der Waals surface area contributed by atoms with Gasteiger partial charge in [0, 0.05) is 10.9 Å². The molecule has 0 radical (unpaired) electrons. The van der Waals surface area contributed by atoms with Gasteiger partial charge in [-0.2, -0.15) is 0 Å². The summed E-state index contributed by atoms with van der Waals surface area (Å²) in [6.07, 6.45) is 1.01. The van der Waals surface area contributed by atoms with E-state index in [4.69, 9.17) is 11.6 Å². The summed E-state index contributed by atoms with van der Waals surface area (Å²) in [6.45, 7) is 2.13. The number of halogens is 1. The van der Waals surface area contributed by atoms with Gasteiger partial charge in [-0.15, -0.1) is 22.9 Å². The minimum absolute atomic E-state index is 0.273. The number of nitrogens with one attached hydrogen (secondary N) is 1. The van der Waals surface area contributed by atoms with Crippen molar-refractivity contribution >= 4 is 34.0 Å².